The summed E-state index contributed by atoms with van der Waals surface area (Å²) in [5, 5.41) is 1.17. The van der Waals surface area contributed by atoms with Gasteiger partial charge in [-0.1, -0.05) is 32.0 Å². The Morgan fingerprint density at radius 3 is 2.45 bits per heavy atom. The summed E-state index contributed by atoms with van der Waals surface area (Å²) in [4.78, 5) is 8.85. The quantitative estimate of drug-likeness (QED) is 0.622. The number of rotatable bonds is 1. The van der Waals surface area contributed by atoms with Crippen LogP contribution in [0.15, 0.2) is 48.7 Å². The van der Waals surface area contributed by atoms with Crippen molar-refractivity contribution in [1.29, 1.82) is 0 Å². The lowest BCUT2D eigenvalue weighted by atomic mass is 10.0. The van der Waals surface area contributed by atoms with Gasteiger partial charge in [-0.2, -0.15) is 0 Å². The number of fused-ring (bicyclic) bond motifs is 1. The van der Waals surface area contributed by atoms with Gasteiger partial charge in [-0.15, -0.1) is 0 Å². The van der Waals surface area contributed by atoms with Crippen molar-refractivity contribution in [3.05, 3.63) is 60.0 Å². The molecule has 20 heavy (non-hydrogen) atoms. The van der Waals surface area contributed by atoms with Crippen molar-refractivity contribution in [3.8, 4) is 11.1 Å². The van der Waals surface area contributed by atoms with E-state index in [9.17, 15) is 0 Å². The summed E-state index contributed by atoms with van der Waals surface area (Å²) >= 11 is 0. The number of hydrogen-bond acceptors (Lipinski definition) is 2. The van der Waals surface area contributed by atoms with Gasteiger partial charge in [0.25, 0.3) is 0 Å². The van der Waals surface area contributed by atoms with Crippen molar-refractivity contribution in [3.63, 3.8) is 0 Å². The molecule has 2 heterocycles. The molecule has 0 aliphatic heterocycles. The van der Waals surface area contributed by atoms with Gasteiger partial charge in [-0.05, 0) is 43.7 Å². The zero-order valence-corrected chi connectivity index (χ0v) is 12.5. The fourth-order valence-electron chi connectivity index (χ4n) is 2.18. The van der Waals surface area contributed by atoms with E-state index in [1.807, 2.05) is 46.0 Å². The highest BCUT2D eigenvalue weighted by Crippen LogP contribution is 2.25. The molecule has 0 fully saturated rings. The van der Waals surface area contributed by atoms with E-state index in [4.69, 9.17) is 0 Å². The van der Waals surface area contributed by atoms with Gasteiger partial charge in [0.15, 0.2) is 0 Å². The zero-order chi connectivity index (χ0) is 14.5. The monoisotopic (exact) mass is 264 g/mol. The second-order valence-corrected chi connectivity index (χ2v) is 4.50. The van der Waals surface area contributed by atoms with Gasteiger partial charge < -0.3 is 0 Å². The molecule has 0 atom stereocenters. The van der Waals surface area contributed by atoms with Crippen molar-refractivity contribution < 1.29 is 0 Å². The van der Waals surface area contributed by atoms with Crippen LogP contribution in [0.3, 0.4) is 0 Å². The number of benzene rings is 1. The topological polar surface area (TPSA) is 25.8 Å². The third-order valence-corrected chi connectivity index (χ3v) is 3.15. The third-order valence-electron chi connectivity index (χ3n) is 3.15. The molecule has 0 bridgehead atoms. The zero-order valence-electron chi connectivity index (χ0n) is 12.5. The predicted octanol–water partition coefficient (Wildman–Crippen LogP) is 4.94. The molecule has 0 radical (unpaired) electrons. The summed E-state index contributed by atoms with van der Waals surface area (Å²) < 4.78 is 0. The van der Waals surface area contributed by atoms with Gasteiger partial charge in [-0.25, -0.2) is 0 Å². The molecule has 3 aromatic rings. The molecule has 0 spiro atoms. The minimum Gasteiger partial charge on any atom is -0.261 e. The van der Waals surface area contributed by atoms with E-state index in [-0.39, 0.29) is 0 Å². The van der Waals surface area contributed by atoms with Crippen LogP contribution >= 0.6 is 0 Å². The number of aryl methyl sites for hydroxylation is 2. The van der Waals surface area contributed by atoms with Gasteiger partial charge in [0.1, 0.15) is 0 Å². The van der Waals surface area contributed by atoms with Crippen molar-refractivity contribution >= 4 is 10.9 Å². The Bertz CT molecular complexity index is 717. The number of hydrogen-bond donors (Lipinski definition) is 0. The van der Waals surface area contributed by atoms with Crippen molar-refractivity contribution in [2.24, 2.45) is 0 Å². The highest BCUT2D eigenvalue weighted by molar-refractivity contribution is 5.84. The molecule has 0 saturated heterocycles. The average Bonchev–Trinajstić information content (AvgIpc) is 2.49. The first-order chi connectivity index (χ1) is 9.74. The van der Waals surface area contributed by atoms with Crippen LogP contribution in [-0.4, -0.2) is 9.97 Å². The highest BCUT2D eigenvalue weighted by atomic mass is 14.7. The normalized spacial score (nSPS) is 10.0. The van der Waals surface area contributed by atoms with E-state index in [1.54, 1.807) is 0 Å². The van der Waals surface area contributed by atoms with Gasteiger partial charge in [0.2, 0.25) is 0 Å². The SMILES string of the molecule is CC.Cc1ccc2cc(-c3cccnc3C)ccc2n1. The fourth-order valence-corrected chi connectivity index (χ4v) is 2.18. The van der Waals surface area contributed by atoms with E-state index in [0.717, 1.165) is 16.9 Å². The van der Waals surface area contributed by atoms with Crippen LogP contribution in [0.25, 0.3) is 22.0 Å². The summed E-state index contributed by atoms with van der Waals surface area (Å²) in [6.45, 7) is 8.05. The molecule has 0 saturated carbocycles. The predicted molar refractivity (Wildman–Crippen MR) is 85.8 cm³/mol. The fraction of sp³-hybridized carbons (Fsp3) is 0.222. The Balaban J connectivity index is 0.000000704. The molecule has 102 valence electrons. The van der Waals surface area contributed by atoms with Crippen LogP contribution in [0.2, 0.25) is 0 Å². The molecule has 2 aromatic heterocycles. The van der Waals surface area contributed by atoms with E-state index in [1.165, 1.54) is 16.5 Å². The Morgan fingerprint density at radius 2 is 1.70 bits per heavy atom. The summed E-state index contributed by atoms with van der Waals surface area (Å²) in [5.74, 6) is 0. The van der Waals surface area contributed by atoms with Gasteiger partial charge in [-0.3, -0.25) is 9.97 Å². The number of aromatic nitrogens is 2. The maximum atomic E-state index is 4.52. The van der Waals surface area contributed by atoms with E-state index >= 15 is 0 Å². The Morgan fingerprint density at radius 1 is 0.900 bits per heavy atom. The standard InChI is InChI=1S/C16H14N2.C2H6/c1-11-5-6-14-10-13(7-8-16(14)18-11)15-4-3-9-17-12(15)2;1-2/h3-10H,1-2H3;1-2H3. The Labute approximate surface area is 120 Å². The van der Waals surface area contributed by atoms with Crippen LogP contribution < -0.4 is 0 Å². The lowest BCUT2D eigenvalue weighted by molar-refractivity contribution is 1.20. The van der Waals surface area contributed by atoms with E-state index in [2.05, 4.69) is 40.3 Å². The second-order valence-electron chi connectivity index (χ2n) is 4.50. The lowest BCUT2D eigenvalue weighted by Crippen LogP contribution is -1.88. The molecule has 0 amide bonds. The molecule has 0 aliphatic rings. The highest BCUT2D eigenvalue weighted by Gasteiger charge is 2.03. The van der Waals surface area contributed by atoms with Crippen LogP contribution in [0.5, 0.6) is 0 Å². The van der Waals surface area contributed by atoms with Gasteiger partial charge in [0, 0.05) is 28.5 Å². The Hall–Kier alpha value is -2.22. The molecule has 2 nitrogen and oxygen atoms in total. The first-order valence-electron chi connectivity index (χ1n) is 7.03. The van der Waals surface area contributed by atoms with Gasteiger partial charge in [0.05, 0.1) is 5.52 Å². The molecular weight excluding hydrogens is 244 g/mol. The second kappa shape index (κ2) is 6.29. The van der Waals surface area contributed by atoms with Crippen LogP contribution in [0.1, 0.15) is 25.2 Å². The molecule has 2 heteroatoms. The first kappa shape index (κ1) is 14.2. The molecular formula is C18H20N2. The maximum Gasteiger partial charge on any atom is 0.0705 e. The number of nitrogens with zero attached hydrogens (tertiary/aromatic N) is 2. The summed E-state index contributed by atoms with van der Waals surface area (Å²) in [7, 11) is 0. The molecule has 0 unspecified atom stereocenters. The summed E-state index contributed by atoms with van der Waals surface area (Å²) in [5.41, 5.74) is 5.52. The average molecular weight is 264 g/mol. The lowest BCUT2D eigenvalue weighted by Gasteiger charge is -2.06. The van der Waals surface area contributed by atoms with Gasteiger partial charge >= 0.3 is 0 Å². The van der Waals surface area contributed by atoms with E-state index in [0.29, 0.717) is 0 Å². The minimum absolute atomic E-state index is 1.04. The number of pyridine rings is 2. The molecule has 3 rings (SSSR count). The molecule has 0 aliphatic carbocycles. The van der Waals surface area contributed by atoms with Crippen molar-refractivity contribution in [1.82, 2.24) is 9.97 Å². The van der Waals surface area contributed by atoms with Crippen molar-refractivity contribution in [2.45, 2.75) is 27.7 Å². The van der Waals surface area contributed by atoms with Crippen molar-refractivity contribution in [2.75, 3.05) is 0 Å². The Kier molecular flexibility index (Phi) is 4.46. The van der Waals surface area contributed by atoms with Crippen LogP contribution in [0.4, 0.5) is 0 Å². The summed E-state index contributed by atoms with van der Waals surface area (Å²) in [6, 6.07) is 14.6. The minimum atomic E-state index is 1.04. The first-order valence-corrected chi connectivity index (χ1v) is 7.03. The smallest absolute Gasteiger partial charge is 0.0705 e. The largest absolute Gasteiger partial charge is 0.261 e. The van der Waals surface area contributed by atoms with Crippen LogP contribution in [-0.2, 0) is 0 Å². The summed E-state index contributed by atoms with van der Waals surface area (Å²) in [6.07, 6.45) is 1.82. The molecule has 0 N–H and O–H groups in total. The maximum absolute atomic E-state index is 4.52. The van der Waals surface area contributed by atoms with Crippen LogP contribution in [0, 0.1) is 13.8 Å². The molecule has 1 aromatic carbocycles. The third kappa shape index (κ3) is 2.85. The van der Waals surface area contributed by atoms with E-state index < -0.39 is 0 Å².